The molecule has 1 amide bonds. The topological polar surface area (TPSA) is 55.1 Å². The number of anilines is 1. The Hall–Kier alpha value is -0.770. The zero-order valence-corrected chi connectivity index (χ0v) is 14.0. The van der Waals surface area contributed by atoms with E-state index in [1.165, 1.54) is 19.3 Å². The van der Waals surface area contributed by atoms with Crippen molar-refractivity contribution in [3.63, 3.8) is 0 Å². The number of carbonyl (C=O) groups is 1. The third-order valence-corrected chi connectivity index (χ3v) is 4.59. The van der Waals surface area contributed by atoms with Crippen LogP contribution in [0.25, 0.3) is 0 Å². The Labute approximate surface area is 138 Å². The molecule has 0 aromatic heterocycles. The van der Waals surface area contributed by atoms with Gasteiger partial charge in [0.1, 0.15) is 0 Å². The summed E-state index contributed by atoms with van der Waals surface area (Å²) >= 11 is 6.15. The van der Waals surface area contributed by atoms with Crippen molar-refractivity contribution in [3.8, 4) is 0 Å². The molecule has 1 aliphatic carbocycles. The molecule has 21 heavy (non-hydrogen) atoms. The zero-order valence-electron chi connectivity index (χ0n) is 12.5. The second kappa shape index (κ2) is 8.02. The van der Waals surface area contributed by atoms with Crippen molar-refractivity contribution in [1.82, 2.24) is 0 Å². The normalized spacial score (nSPS) is 16.9. The van der Waals surface area contributed by atoms with Crippen LogP contribution in [0.1, 0.15) is 44.1 Å². The van der Waals surface area contributed by atoms with Gasteiger partial charge in [0.25, 0.3) is 0 Å². The number of benzene rings is 1. The molecule has 1 aromatic carbocycles. The molecular weight excluding hydrogens is 307 g/mol. The van der Waals surface area contributed by atoms with Gasteiger partial charge in [-0.15, -0.1) is 12.4 Å². The van der Waals surface area contributed by atoms with Crippen LogP contribution in [-0.4, -0.2) is 12.5 Å². The highest BCUT2D eigenvalue weighted by atomic mass is 35.5. The lowest BCUT2D eigenvalue weighted by molar-refractivity contribution is -0.118. The summed E-state index contributed by atoms with van der Waals surface area (Å²) in [6.07, 6.45) is 6.21. The lowest BCUT2D eigenvalue weighted by atomic mass is 9.71. The Morgan fingerprint density at radius 2 is 2.00 bits per heavy atom. The number of nitrogens with two attached hydrogens (primary N) is 1. The minimum Gasteiger partial charge on any atom is -0.330 e. The van der Waals surface area contributed by atoms with Gasteiger partial charge in [0.05, 0.1) is 10.7 Å². The van der Waals surface area contributed by atoms with Gasteiger partial charge in [0, 0.05) is 6.42 Å². The number of carbonyl (C=O) groups excluding carboxylic acids is 1. The molecule has 1 aromatic rings. The second-order valence-electron chi connectivity index (χ2n) is 5.97. The summed E-state index contributed by atoms with van der Waals surface area (Å²) in [6.45, 7) is 2.56. The van der Waals surface area contributed by atoms with Crippen LogP contribution in [-0.2, 0) is 4.79 Å². The van der Waals surface area contributed by atoms with E-state index in [1.54, 1.807) is 0 Å². The quantitative estimate of drug-likeness (QED) is 0.864. The summed E-state index contributed by atoms with van der Waals surface area (Å²) in [4.78, 5) is 12.3. The molecule has 1 saturated carbocycles. The summed E-state index contributed by atoms with van der Waals surface area (Å²) in [5, 5.41) is 3.50. The van der Waals surface area contributed by atoms with Gasteiger partial charge in [0.15, 0.2) is 0 Å². The Bertz CT molecular complexity index is 485. The van der Waals surface area contributed by atoms with E-state index in [0.717, 1.165) is 18.4 Å². The lowest BCUT2D eigenvalue weighted by Gasteiger charge is -2.35. The van der Waals surface area contributed by atoms with E-state index in [0.29, 0.717) is 23.7 Å². The lowest BCUT2D eigenvalue weighted by Crippen LogP contribution is -2.36. The van der Waals surface area contributed by atoms with Crippen molar-refractivity contribution >= 4 is 35.6 Å². The maximum atomic E-state index is 12.3. The summed E-state index contributed by atoms with van der Waals surface area (Å²) in [5.41, 5.74) is 7.68. The number of nitrogens with one attached hydrogen (secondary N) is 1. The van der Waals surface area contributed by atoms with Gasteiger partial charge in [-0.05, 0) is 49.4 Å². The minimum absolute atomic E-state index is 0. The van der Waals surface area contributed by atoms with E-state index < -0.39 is 0 Å². The molecular formula is C16H24Cl2N2O. The number of aryl methyl sites for hydroxylation is 1. The molecule has 0 aliphatic heterocycles. The average Bonchev–Trinajstić information content (AvgIpc) is 2.43. The Kier molecular flexibility index (Phi) is 6.98. The minimum atomic E-state index is -0.0144. The number of hydrogen-bond donors (Lipinski definition) is 2. The zero-order chi connectivity index (χ0) is 14.6. The van der Waals surface area contributed by atoms with Crippen LogP contribution in [0.5, 0.6) is 0 Å². The summed E-state index contributed by atoms with van der Waals surface area (Å²) in [7, 11) is 0. The maximum Gasteiger partial charge on any atom is 0.225 e. The molecule has 0 unspecified atom stereocenters. The van der Waals surface area contributed by atoms with Crippen molar-refractivity contribution < 1.29 is 4.79 Å². The predicted molar refractivity (Wildman–Crippen MR) is 91.3 cm³/mol. The van der Waals surface area contributed by atoms with E-state index in [9.17, 15) is 4.79 Å². The highest BCUT2D eigenvalue weighted by Crippen LogP contribution is 2.38. The molecule has 5 heteroatoms. The van der Waals surface area contributed by atoms with Crippen LogP contribution in [0.2, 0.25) is 5.02 Å². The molecule has 1 fully saturated rings. The van der Waals surface area contributed by atoms with Gasteiger partial charge >= 0.3 is 0 Å². The molecule has 0 bridgehead atoms. The van der Waals surface area contributed by atoms with Crippen LogP contribution in [0.4, 0.5) is 5.69 Å². The predicted octanol–water partition coefficient (Wildman–Crippen LogP) is 4.31. The van der Waals surface area contributed by atoms with Crippen LogP contribution >= 0.6 is 24.0 Å². The molecule has 0 radical (unpaired) electrons. The third-order valence-electron chi connectivity index (χ3n) is 4.28. The fourth-order valence-electron chi connectivity index (χ4n) is 3.01. The Balaban J connectivity index is 0.00000220. The SMILES string of the molecule is Cc1ccc(NC(=O)CC2(CN)CCCCC2)c(Cl)c1.Cl. The van der Waals surface area contributed by atoms with E-state index >= 15 is 0 Å². The molecule has 1 aliphatic rings. The highest BCUT2D eigenvalue weighted by Gasteiger charge is 2.33. The molecule has 118 valence electrons. The molecule has 2 rings (SSSR count). The average molecular weight is 331 g/mol. The first-order valence-electron chi connectivity index (χ1n) is 7.31. The van der Waals surface area contributed by atoms with Crippen LogP contribution < -0.4 is 11.1 Å². The molecule has 0 atom stereocenters. The van der Waals surface area contributed by atoms with Crippen LogP contribution in [0.15, 0.2) is 18.2 Å². The number of halogens is 2. The van der Waals surface area contributed by atoms with Gasteiger partial charge in [-0.1, -0.05) is 36.9 Å². The van der Waals surface area contributed by atoms with Crippen molar-refractivity contribution in [2.45, 2.75) is 45.4 Å². The van der Waals surface area contributed by atoms with Crippen molar-refractivity contribution in [1.29, 1.82) is 0 Å². The maximum absolute atomic E-state index is 12.3. The van der Waals surface area contributed by atoms with Gasteiger partial charge in [-0.25, -0.2) is 0 Å². The first kappa shape index (κ1) is 18.3. The Morgan fingerprint density at radius 1 is 1.33 bits per heavy atom. The van der Waals surface area contributed by atoms with E-state index in [1.807, 2.05) is 25.1 Å². The van der Waals surface area contributed by atoms with Crippen LogP contribution in [0.3, 0.4) is 0 Å². The second-order valence-corrected chi connectivity index (χ2v) is 6.38. The first-order valence-corrected chi connectivity index (χ1v) is 7.69. The van der Waals surface area contributed by atoms with E-state index in [4.69, 9.17) is 17.3 Å². The van der Waals surface area contributed by atoms with Crippen molar-refractivity contribution in [3.05, 3.63) is 28.8 Å². The van der Waals surface area contributed by atoms with Gasteiger partial charge in [-0.2, -0.15) is 0 Å². The standard InChI is InChI=1S/C16H23ClN2O.ClH/c1-12-5-6-14(13(17)9-12)19-15(20)10-16(11-18)7-3-2-4-8-16;/h5-6,9H,2-4,7-8,10-11,18H2,1H3,(H,19,20);1H. The summed E-state index contributed by atoms with van der Waals surface area (Å²) < 4.78 is 0. The largest absolute Gasteiger partial charge is 0.330 e. The molecule has 3 nitrogen and oxygen atoms in total. The van der Waals surface area contributed by atoms with Crippen molar-refractivity contribution in [2.75, 3.05) is 11.9 Å². The molecule has 0 saturated heterocycles. The van der Waals surface area contributed by atoms with Gasteiger partial charge < -0.3 is 11.1 Å². The number of amides is 1. The molecule has 3 N–H and O–H groups in total. The first-order chi connectivity index (χ1) is 9.54. The summed E-state index contributed by atoms with van der Waals surface area (Å²) in [6, 6.07) is 5.66. The number of rotatable bonds is 4. The van der Waals surface area contributed by atoms with E-state index in [2.05, 4.69) is 5.32 Å². The van der Waals surface area contributed by atoms with Gasteiger partial charge in [0.2, 0.25) is 5.91 Å². The smallest absolute Gasteiger partial charge is 0.225 e. The fourth-order valence-corrected chi connectivity index (χ4v) is 3.29. The van der Waals surface area contributed by atoms with Crippen LogP contribution in [0, 0.1) is 12.3 Å². The fraction of sp³-hybridized carbons (Fsp3) is 0.562. The van der Waals surface area contributed by atoms with E-state index in [-0.39, 0.29) is 23.7 Å². The number of hydrogen-bond acceptors (Lipinski definition) is 2. The molecule has 0 spiro atoms. The van der Waals surface area contributed by atoms with Crippen molar-refractivity contribution in [2.24, 2.45) is 11.1 Å². The third kappa shape index (κ3) is 4.87. The highest BCUT2D eigenvalue weighted by molar-refractivity contribution is 6.33. The Morgan fingerprint density at radius 3 is 2.57 bits per heavy atom. The monoisotopic (exact) mass is 330 g/mol. The molecule has 0 heterocycles. The summed E-state index contributed by atoms with van der Waals surface area (Å²) in [5.74, 6) is 0.0168. The van der Waals surface area contributed by atoms with Gasteiger partial charge in [-0.3, -0.25) is 4.79 Å².